The Hall–Kier alpha value is -1.94. The third kappa shape index (κ3) is 67.0. The van der Waals surface area contributed by atoms with Crippen molar-refractivity contribution in [3.05, 3.63) is 0 Å². The van der Waals surface area contributed by atoms with Crippen LogP contribution in [0.5, 0.6) is 0 Å². The van der Waals surface area contributed by atoms with Crippen molar-refractivity contribution >= 4 is 39.5 Å². The summed E-state index contributed by atoms with van der Waals surface area (Å²) in [4.78, 5) is 72.7. The molecule has 0 spiro atoms. The van der Waals surface area contributed by atoms with Crippen molar-refractivity contribution in [3.63, 3.8) is 0 Å². The summed E-state index contributed by atoms with van der Waals surface area (Å²) >= 11 is 0. The van der Waals surface area contributed by atoms with E-state index in [9.17, 15) is 43.2 Å². The van der Waals surface area contributed by atoms with Crippen LogP contribution < -0.4 is 0 Å². The molecule has 0 amide bonds. The van der Waals surface area contributed by atoms with E-state index in [1.165, 1.54) is 180 Å². The Kier molecular flexibility index (Phi) is 63.4. The Labute approximate surface area is 568 Å². The fourth-order valence-corrected chi connectivity index (χ4v) is 12.8. The van der Waals surface area contributed by atoms with Crippen LogP contribution in [-0.2, 0) is 65.4 Å². The van der Waals surface area contributed by atoms with Crippen molar-refractivity contribution in [1.29, 1.82) is 0 Å². The second kappa shape index (κ2) is 64.7. The normalized spacial score (nSPS) is 14.4. The molecule has 0 aliphatic rings. The molecule has 0 aromatic rings. The molecule has 552 valence electrons. The average Bonchev–Trinajstić information content (AvgIpc) is 1.63. The fraction of sp³-hybridized carbons (Fsp3) is 0.946. The van der Waals surface area contributed by atoms with Gasteiger partial charge < -0.3 is 33.8 Å². The molecule has 3 N–H and O–H groups in total. The molecule has 0 aliphatic heterocycles. The molecule has 0 aromatic carbocycles. The maximum Gasteiger partial charge on any atom is 0.472 e. The Bertz CT molecular complexity index is 1820. The Morgan fingerprint density at radius 2 is 0.548 bits per heavy atom. The second-order valence-electron chi connectivity index (χ2n) is 27.9. The van der Waals surface area contributed by atoms with Gasteiger partial charge in [0.25, 0.3) is 0 Å². The van der Waals surface area contributed by atoms with Crippen LogP contribution in [0.4, 0.5) is 0 Å². The van der Waals surface area contributed by atoms with E-state index in [4.69, 9.17) is 37.0 Å². The van der Waals surface area contributed by atoms with E-state index in [2.05, 4.69) is 48.5 Å². The molecule has 0 rings (SSSR count). The maximum atomic E-state index is 13.1. The standard InChI is InChI=1S/C74H144O17P2/c1-8-10-11-12-13-14-15-16-17-18-19-20-21-22-23-28-34-43-50-57-73(78)90-69(61-84-71(76)55-48-41-33-27-25-24-26-32-40-47-54-67(7)9-2)63-88-92(80,81)86-59-68(75)60-87-93(82,83)89-64-70(62-85-72(77)56-49-42-37-36-39-46-53-66(5)6)91-74(79)58-51-44-35-30-29-31-38-45-52-65(3)4/h65-70,75H,8-64H2,1-7H3,(H,80,81)(H,82,83)/t67?,68-,69-,70-/m1/s1. The molecule has 19 heteroatoms. The molecule has 17 nitrogen and oxygen atoms in total. The first-order valence-electron chi connectivity index (χ1n) is 38.4. The van der Waals surface area contributed by atoms with Gasteiger partial charge in [0, 0.05) is 25.7 Å². The van der Waals surface area contributed by atoms with E-state index in [1.54, 1.807) is 0 Å². The Morgan fingerprint density at radius 3 is 0.817 bits per heavy atom. The lowest BCUT2D eigenvalue weighted by molar-refractivity contribution is -0.161. The van der Waals surface area contributed by atoms with Crippen LogP contribution in [0.15, 0.2) is 0 Å². The van der Waals surface area contributed by atoms with E-state index in [1.807, 2.05) is 0 Å². The zero-order chi connectivity index (χ0) is 68.7. The van der Waals surface area contributed by atoms with Gasteiger partial charge in [-0.2, -0.15) is 0 Å². The van der Waals surface area contributed by atoms with Gasteiger partial charge in [-0.3, -0.25) is 37.3 Å². The minimum Gasteiger partial charge on any atom is -0.462 e. The van der Waals surface area contributed by atoms with Crippen LogP contribution in [0.1, 0.15) is 376 Å². The number of phosphoric acid groups is 2. The number of rotatable bonds is 72. The number of phosphoric ester groups is 2. The van der Waals surface area contributed by atoms with Gasteiger partial charge in [0.1, 0.15) is 19.3 Å². The molecule has 0 radical (unpaired) electrons. The minimum atomic E-state index is -4.96. The molecule has 0 aliphatic carbocycles. The summed E-state index contributed by atoms with van der Waals surface area (Å²) in [6.07, 6.45) is 50.2. The van der Waals surface area contributed by atoms with Crippen LogP contribution in [0, 0.1) is 17.8 Å². The van der Waals surface area contributed by atoms with Crippen molar-refractivity contribution in [3.8, 4) is 0 Å². The average molecular weight is 1370 g/mol. The number of carbonyl (C=O) groups excluding carboxylic acids is 4. The van der Waals surface area contributed by atoms with Gasteiger partial charge in [0.2, 0.25) is 0 Å². The zero-order valence-electron chi connectivity index (χ0n) is 60.7. The lowest BCUT2D eigenvalue weighted by atomic mass is 9.99. The number of aliphatic hydroxyl groups excluding tert-OH is 1. The maximum absolute atomic E-state index is 13.1. The minimum absolute atomic E-state index is 0.103. The third-order valence-electron chi connectivity index (χ3n) is 17.5. The predicted octanol–water partition coefficient (Wildman–Crippen LogP) is 21.4. The SMILES string of the molecule is CCCCCCCCCCCCCCCCCCCCCC(=O)O[C@H](COC(=O)CCCCCCCCCCCCC(C)CC)COP(=O)(O)OC[C@@H](O)COP(=O)(O)OC[C@@H](COC(=O)CCCCCCCCC(C)C)OC(=O)CCCCCCCCCCC(C)C. The van der Waals surface area contributed by atoms with E-state index in [-0.39, 0.29) is 25.7 Å². The monoisotopic (exact) mass is 1370 g/mol. The van der Waals surface area contributed by atoms with Crippen LogP contribution in [-0.4, -0.2) is 96.7 Å². The summed E-state index contributed by atoms with van der Waals surface area (Å²) in [5.41, 5.74) is 0. The van der Waals surface area contributed by atoms with Crippen LogP contribution in [0.25, 0.3) is 0 Å². The summed E-state index contributed by atoms with van der Waals surface area (Å²) in [6.45, 7) is 11.8. The van der Waals surface area contributed by atoms with Crippen LogP contribution in [0.2, 0.25) is 0 Å². The molecular weight excluding hydrogens is 1220 g/mol. The predicted molar refractivity (Wildman–Crippen MR) is 377 cm³/mol. The highest BCUT2D eigenvalue weighted by molar-refractivity contribution is 7.47. The van der Waals surface area contributed by atoms with Gasteiger partial charge in [0.15, 0.2) is 12.2 Å². The molecule has 0 aromatic heterocycles. The number of unbranched alkanes of at least 4 members (excludes halogenated alkanes) is 39. The highest BCUT2D eigenvalue weighted by Gasteiger charge is 2.30. The van der Waals surface area contributed by atoms with E-state index < -0.39 is 97.5 Å². The molecule has 0 fully saturated rings. The summed E-state index contributed by atoms with van der Waals surface area (Å²) < 4.78 is 68.4. The molecule has 0 saturated carbocycles. The van der Waals surface area contributed by atoms with Gasteiger partial charge in [-0.1, -0.05) is 325 Å². The van der Waals surface area contributed by atoms with E-state index in [0.29, 0.717) is 31.6 Å². The van der Waals surface area contributed by atoms with Gasteiger partial charge >= 0.3 is 39.5 Å². The number of ether oxygens (including phenoxy) is 4. The molecule has 6 atom stereocenters. The second-order valence-corrected chi connectivity index (χ2v) is 30.8. The Morgan fingerprint density at radius 1 is 0.312 bits per heavy atom. The van der Waals surface area contributed by atoms with Crippen molar-refractivity contribution in [2.75, 3.05) is 39.6 Å². The van der Waals surface area contributed by atoms with Crippen molar-refractivity contribution in [2.24, 2.45) is 17.8 Å². The summed E-state index contributed by atoms with van der Waals surface area (Å²) in [5, 5.41) is 10.6. The van der Waals surface area contributed by atoms with Gasteiger partial charge in [-0.15, -0.1) is 0 Å². The lowest BCUT2D eigenvalue weighted by Gasteiger charge is -2.21. The summed E-state index contributed by atoms with van der Waals surface area (Å²) in [5.74, 6) is 0.0823. The lowest BCUT2D eigenvalue weighted by Crippen LogP contribution is -2.30. The quantitative estimate of drug-likeness (QED) is 0.0222. The number of hydrogen-bond acceptors (Lipinski definition) is 15. The number of aliphatic hydroxyl groups is 1. The third-order valence-corrected chi connectivity index (χ3v) is 19.4. The number of hydrogen-bond donors (Lipinski definition) is 3. The number of carbonyl (C=O) groups is 4. The van der Waals surface area contributed by atoms with Crippen molar-refractivity contribution in [1.82, 2.24) is 0 Å². The van der Waals surface area contributed by atoms with E-state index >= 15 is 0 Å². The highest BCUT2D eigenvalue weighted by atomic mass is 31.2. The fourth-order valence-electron chi connectivity index (χ4n) is 11.2. The highest BCUT2D eigenvalue weighted by Crippen LogP contribution is 2.45. The molecule has 0 heterocycles. The van der Waals surface area contributed by atoms with Gasteiger partial charge in [-0.05, 0) is 43.4 Å². The van der Waals surface area contributed by atoms with Crippen LogP contribution >= 0.6 is 15.6 Å². The Balaban J connectivity index is 5.22. The van der Waals surface area contributed by atoms with Crippen molar-refractivity contribution < 1.29 is 80.2 Å². The molecule has 0 saturated heterocycles. The molecule has 0 bridgehead atoms. The number of esters is 4. The van der Waals surface area contributed by atoms with Crippen LogP contribution in [0.3, 0.4) is 0 Å². The van der Waals surface area contributed by atoms with Gasteiger partial charge in [0.05, 0.1) is 26.4 Å². The molecule has 93 heavy (non-hydrogen) atoms. The largest absolute Gasteiger partial charge is 0.472 e. The first-order valence-corrected chi connectivity index (χ1v) is 41.4. The van der Waals surface area contributed by atoms with E-state index in [0.717, 1.165) is 108 Å². The summed E-state index contributed by atoms with van der Waals surface area (Å²) in [7, 11) is -9.91. The summed E-state index contributed by atoms with van der Waals surface area (Å²) in [6, 6.07) is 0. The smallest absolute Gasteiger partial charge is 0.462 e. The first kappa shape index (κ1) is 91.1. The zero-order valence-corrected chi connectivity index (χ0v) is 62.5. The first-order chi connectivity index (χ1) is 44.8. The molecule has 3 unspecified atom stereocenters. The van der Waals surface area contributed by atoms with Crippen molar-refractivity contribution in [2.45, 2.75) is 394 Å². The molecular formula is C74H144O17P2. The van der Waals surface area contributed by atoms with Gasteiger partial charge in [-0.25, -0.2) is 9.13 Å². The topological polar surface area (TPSA) is 237 Å².